The molecule has 0 spiro atoms. The van der Waals surface area contributed by atoms with Gasteiger partial charge in [-0.05, 0) is 12.8 Å². The van der Waals surface area contributed by atoms with Crippen LogP contribution in [-0.4, -0.2) is 54.6 Å². The molecule has 0 fully saturated rings. The smallest absolute Gasteiger partial charge is 0.254 e. The summed E-state index contributed by atoms with van der Waals surface area (Å²) >= 11 is 1.57. The summed E-state index contributed by atoms with van der Waals surface area (Å²) in [6, 6.07) is 0. The number of amides is 1. The normalized spacial score (nSPS) is 12.8. The molecule has 2 aromatic rings. The Kier molecular flexibility index (Phi) is 4.74. The van der Waals surface area contributed by atoms with Gasteiger partial charge in [-0.25, -0.2) is 4.98 Å². The standard InChI is InChI=1S/C15H20N4O3S/c1-18-11-4-5-12-14(10(11)8-16-18)17-15(23-12)19(6-7-21-2)13(20)9-22-3/h8H,4-7,9H2,1-3H3. The summed E-state index contributed by atoms with van der Waals surface area (Å²) in [4.78, 5) is 19.9. The fourth-order valence-corrected chi connectivity index (χ4v) is 3.85. The van der Waals surface area contributed by atoms with Gasteiger partial charge in [-0.15, -0.1) is 11.3 Å². The van der Waals surface area contributed by atoms with Crippen LogP contribution in [-0.2, 0) is 34.2 Å². The molecule has 0 radical (unpaired) electrons. The predicted octanol–water partition coefficient (Wildman–Crippen LogP) is 1.27. The average molecular weight is 336 g/mol. The molecule has 0 bridgehead atoms. The molecular weight excluding hydrogens is 316 g/mol. The summed E-state index contributed by atoms with van der Waals surface area (Å²) in [5.74, 6) is -0.109. The summed E-state index contributed by atoms with van der Waals surface area (Å²) in [6.45, 7) is 0.953. The Balaban J connectivity index is 1.94. The lowest BCUT2D eigenvalue weighted by Gasteiger charge is -2.18. The molecule has 0 N–H and O–H groups in total. The van der Waals surface area contributed by atoms with Crippen LogP contribution >= 0.6 is 11.3 Å². The number of nitrogens with zero attached hydrogens (tertiary/aromatic N) is 4. The Morgan fingerprint density at radius 1 is 1.39 bits per heavy atom. The van der Waals surface area contributed by atoms with Crippen molar-refractivity contribution in [2.45, 2.75) is 12.8 Å². The molecule has 0 atom stereocenters. The Morgan fingerprint density at radius 3 is 2.96 bits per heavy atom. The summed E-state index contributed by atoms with van der Waals surface area (Å²) in [7, 11) is 5.08. The number of fused-ring (bicyclic) bond motifs is 3. The van der Waals surface area contributed by atoms with Crippen molar-refractivity contribution < 1.29 is 14.3 Å². The summed E-state index contributed by atoms with van der Waals surface area (Å²) in [5, 5.41) is 5.03. The second-order valence-electron chi connectivity index (χ2n) is 5.37. The number of carbonyl (C=O) groups is 1. The van der Waals surface area contributed by atoms with Crippen LogP contribution in [0.15, 0.2) is 6.20 Å². The van der Waals surface area contributed by atoms with Crippen LogP contribution in [0.25, 0.3) is 11.3 Å². The lowest BCUT2D eigenvalue weighted by molar-refractivity contribution is -0.122. The Morgan fingerprint density at radius 2 is 2.22 bits per heavy atom. The van der Waals surface area contributed by atoms with Gasteiger partial charge in [0.15, 0.2) is 5.13 Å². The van der Waals surface area contributed by atoms with Crippen LogP contribution in [0.4, 0.5) is 5.13 Å². The number of ether oxygens (including phenoxy) is 2. The van der Waals surface area contributed by atoms with Gasteiger partial charge >= 0.3 is 0 Å². The lowest BCUT2D eigenvalue weighted by Crippen LogP contribution is -2.36. The predicted molar refractivity (Wildman–Crippen MR) is 87.8 cm³/mol. The molecule has 8 heteroatoms. The summed E-state index contributed by atoms with van der Waals surface area (Å²) < 4.78 is 12.0. The minimum atomic E-state index is -0.109. The van der Waals surface area contributed by atoms with E-state index in [1.54, 1.807) is 23.3 Å². The molecule has 2 aromatic heterocycles. The number of carbonyl (C=O) groups excluding carboxylic acids is 1. The van der Waals surface area contributed by atoms with E-state index in [1.807, 2.05) is 17.9 Å². The van der Waals surface area contributed by atoms with Gasteiger partial charge in [0.2, 0.25) is 0 Å². The fraction of sp³-hybridized carbons (Fsp3) is 0.533. The molecular formula is C15H20N4O3S. The maximum atomic E-state index is 12.3. The van der Waals surface area contributed by atoms with Crippen LogP contribution in [0.2, 0.25) is 0 Å². The SMILES string of the molecule is COCCN(C(=O)COC)c1nc2c(s1)CCc1c-2cnn1C. The third kappa shape index (κ3) is 3.01. The first-order valence-corrected chi connectivity index (χ1v) is 8.26. The van der Waals surface area contributed by atoms with Crippen molar-refractivity contribution in [1.29, 1.82) is 0 Å². The van der Waals surface area contributed by atoms with Crippen molar-refractivity contribution in [2.75, 3.05) is 38.9 Å². The number of thiazole rings is 1. The zero-order chi connectivity index (χ0) is 16.4. The van der Waals surface area contributed by atoms with E-state index in [0.29, 0.717) is 18.3 Å². The van der Waals surface area contributed by atoms with Gasteiger partial charge < -0.3 is 9.47 Å². The number of methoxy groups -OCH3 is 2. The van der Waals surface area contributed by atoms with Crippen molar-refractivity contribution in [3.63, 3.8) is 0 Å². The summed E-state index contributed by atoms with van der Waals surface area (Å²) in [5.41, 5.74) is 3.22. The average Bonchev–Trinajstić information content (AvgIpc) is 3.11. The van der Waals surface area contributed by atoms with Crippen LogP contribution in [0.1, 0.15) is 10.6 Å². The van der Waals surface area contributed by atoms with Gasteiger partial charge in [-0.2, -0.15) is 5.10 Å². The third-order valence-electron chi connectivity index (χ3n) is 3.91. The van der Waals surface area contributed by atoms with Gasteiger partial charge in [0.25, 0.3) is 5.91 Å². The van der Waals surface area contributed by atoms with Gasteiger partial charge in [-0.3, -0.25) is 14.4 Å². The lowest BCUT2D eigenvalue weighted by atomic mass is 10.0. The Bertz CT molecular complexity index is 710. The van der Waals surface area contributed by atoms with E-state index < -0.39 is 0 Å². The van der Waals surface area contributed by atoms with Crippen molar-refractivity contribution in [3.8, 4) is 11.3 Å². The maximum absolute atomic E-state index is 12.3. The highest BCUT2D eigenvalue weighted by atomic mass is 32.1. The molecule has 1 aliphatic rings. The van der Waals surface area contributed by atoms with Gasteiger partial charge in [0.1, 0.15) is 6.61 Å². The molecule has 0 aromatic carbocycles. The topological polar surface area (TPSA) is 69.5 Å². The maximum Gasteiger partial charge on any atom is 0.254 e. The quantitative estimate of drug-likeness (QED) is 0.794. The van der Waals surface area contributed by atoms with E-state index in [2.05, 4.69) is 5.10 Å². The minimum absolute atomic E-state index is 0.0338. The van der Waals surface area contributed by atoms with Crippen LogP contribution in [0, 0.1) is 0 Å². The minimum Gasteiger partial charge on any atom is -0.383 e. The molecule has 3 rings (SSSR count). The molecule has 23 heavy (non-hydrogen) atoms. The first-order valence-electron chi connectivity index (χ1n) is 7.45. The van der Waals surface area contributed by atoms with Gasteiger partial charge in [0, 0.05) is 37.4 Å². The molecule has 0 aliphatic heterocycles. The molecule has 0 saturated carbocycles. The van der Waals surface area contributed by atoms with E-state index in [9.17, 15) is 4.79 Å². The van der Waals surface area contributed by atoms with Crippen molar-refractivity contribution in [3.05, 3.63) is 16.8 Å². The molecule has 1 amide bonds. The number of hydrogen-bond donors (Lipinski definition) is 0. The molecule has 0 saturated heterocycles. The van der Waals surface area contributed by atoms with Gasteiger partial charge in [0.05, 0.1) is 25.0 Å². The number of hydrogen-bond acceptors (Lipinski definition) is 6. The molecule has 2 heterocycles. The monoisotopic (exact) mass is 336 g/mol. The van der Waals surface area contributed by atoms with Crippen LogP contribution in [0.3, 0.4) is 0 Å². The first kappa shape index (κ1) is 16.1. The van der Waals surface area contributed by atoms with E-state index in [-0.39, 0.29) is 12.5 Å². The Hall–Kier alpha value is -1.77. The van der Waals surface area contributed by atoms with Crippen LogP contribution in [0.5, 0.6) is 0 Å². The highest BCUT2D eigenvalue weighted by molar-refractivity contribution is 7.16. The van der Waals surface area contributed by atoms with E-state index in [4.69, 9.17) is 14.5 Å². The van der Waals surface area contributed by atoms with Crippen molar-refractivity contribution >= 4 is 22.4 Å². The summed E-state index contributed by atoms with van der Waals surface area (Å²) in [6.07, 6.45) is 3.73. The Labute approximate surface area is 138 Å². The van der Waals surface area contributed by atoms with Crippen LogP contribution < -0.4 is 4.90 Å². The number of aryl methyl sites for hydroxylation is 2. The first-order chi connectivity index (χ1) is 11.2. The molecule has 7 nitrogen and oxygen atoms in total. The highest BCUT2D eigenvalue weighted by Crippen LogP contribution is 2.39. The zero-order valence-corrected chi connectivity index (χ0v) is 14.4. The van der Waals surface area contributed by atoms with Gasteiger partial charge in [-0.1, -0.05) is 0 Å². The number of rotatable bonds is 6. The van der Waals surface area contributed by atoms with E-state index in [0.717, 1.165) is 24.1 Å². The second kappa shape index (κ2) is 6.77. The van der Waals surface area contributed by atoms with E-state index in [1.165, 1.54) is 17.7 Å². The third-order valence-corrected chi connectivity index (χ3v) is 5.05. The fourth-order valence-electron chi connectivity index (χ4n) is 2.73. The molecule has 124 valence electrons. The number of aromatic nitrogens is 3. The van der Waals surface area contributed by atoms with E-state index >= 15 is 0 Å². The number of anilines is 1. The zero-order valence-electron chi connectivity index (χ0n) is 13.5. The largest absolute Gasteiger partial charge is 0.383 e. The van der Waals surface area contributed by atoms with Crippen molar-refractivity contribution in [1.82, 2.24) is 14.8 Å². The highest BCUT2D eigenvalue weighted by Gasteiger charge is 2.27. The second-order valence-corrected chi connectivity index (χ2v) is 6.43. The van der Waals surface area contributed by atoms with Crippen molar-refractivity contribution in [2.24, 2.45) is 7.05 Å². The molecule has 0 unspecified atom stereocenters. The molecule has 1 aliphatic carbocycles.